The van der Waals surface area contributed by atoms with Gasteiger partial charge in [0.15, 0.2) is 6.61 Å². The zero-order valence-corrected chi connectivity index (χ0v) is 13.4. The summed E-state index contributed by atoms with van der Waals surface area (Å²) in [4.78, 5) is 23.1. The molecule has 24 heavy (non-hydrogen) atoms. The van der Waals surface area contributed by atoms with Crippen LogP contribution in [0.5, 0.6) is 5.75 Å². The molecule has 0 spiro atoms. The first-order valence-electron chi connectivity index (χ1n) is 7.60. The van der Waals surface area contributed by atoms with Crippen molar-refractivity contribution in [3.63, 3.8) is 0 Å². The summed E-state index contributed by atoms with van der Waals surface area (Å²) in [6.07, 6.45) is 3.02. The average molecular weight is 325 g/mol. The number of ether oxygens (including phenoxy) is 2. The highest BCUT2D eigenvalue weighted by Crippen LogP contribution is 2.12. The third kappa shape index (κ3) is 5.96. The van der Waals surface area contributed by atoms with Crippen LogP contribution in [0.25, 0.3) is 6.08 Å². The predicted octanol–water partition coefficient (Wildman–Crippen LogP) is 3.28. The number of hydrogen-bond acceptors (Lipinski definition) is 4. The number of hydrogen-bond donors (Lipinski definition) is 1. The summed E-state index contributed by atoms with van der Waals surface area (Å²) in [5, 5.41) is 2.74. The number of benzene rings is 2. The highest BCUT2D eigenvalue weighted by atomic mass is 16.5. The highest BCUT2D eigenvalue weighted by molar-refractivity contribution is 5.92. The van der Waals surface area contributed by atoms with Gasteiger partial charge in [-0.3, -0.25) is 4.79 Å². The van der Waals surface area contributed by atoms with Gasteiger partial charge in [-0.1, -0.05) is 30.3 Å². The normalized spacial score (nSPS) is 10.4. The van der Waals surface area contributed by atoms with Crippen LogP contribution >= 0.6 is 0 Å². The van der Waals surface area contributed by atoms with E-state index in [9.17, 15) is 9.59 Å². The number of para-hydroxylation sites is 1. The molecule has 0 heterocycles. The summed E-state index contributed by atoms with van der Waals surface area (Å²) in [7, 11) is 0. The number of esters is 1. The van der Waals surface area contributed by atoms with Crippen molar-refractivity contribution < 1.29 is 19.1 Å². The SMILES string of the molecule is CCOC(=O)/C=C/c1ccc(NC(=O)COc2ccccc2)cc1. The van der Waals surface area contributed by atoms with Crippen molar-refractivity contribution in [1.82, 2.24) is 0 Å². The van der Waals surface area contributed by atoms with Gasteiger partial charge < -0.3 is 14.8 Å². The monoisotopic (exact) mass is 325 g/mol. The van der Waals surface area contributed by atoms with Gasteiger partial charge in [-0.25, -0.2) is 4.79 Å². The predicted molar refractivity (Wildman–Crippen MR) is 92.7 cm³/mol. The van der Waals surface area contributed by atoms with Crippen molar-refractivity contribution in [3.8, 4) is 5.75 Å². The molecule has 0 unspecified atom stereocenters. The molecule has 0 radical (unpaired) electrons. The van der Waals surface area contributed by atoms with Crippen LogP contribution in [-0.4, -0.2) is 25.1 Å². The molecule has 0 aliphatic carbocycles. The minimum atomic E-state index is -0.382. The van der Waals surface area contributed by atoms with Crippen molar-refractivity contribution in [2.45, 2.75) is 6.92 Å². The maximum atomic E-state index is 11.8. The number of rotatable bonds is 7. The molecule has 0 fully saturated rings. The zero-order valence-electron chi connectivity index (χ0n) is 13.4. The Morgan fingerprint density at radius 1 is 1.04 bits per heavy atom. The van der Waals surface area contributed by atoms with Crippen molar-refractivity contribution in [1.29, 1.82) is 0 Å². The Labute approximate surface area is 140 Å². The van der Waals surface area contributed by atoms with Gasteiger partial charge in [0.1, 0.15) is 5.75 Å². The van der Waals surface area contributed by atoms with Crippen LogP contribution in [0.4, 0.5) is 5.69 Å². The number of nitrogens with one attached hydrogen (secondary N) is 1. The van der Waals surface area contributed by atoms with Crippen LogP contribution in [0.1, 0.15) is 12.5 Å². The fourth-order valence-electron chi connectivity index (χ4n) is 1.89. The topological polar surface area (TPSA) is 64.6 Å². The lowest BCUT2D eigenvalue weighted by Crippen LogP contribution is -2.20. The second kappa shape index (κ2) is 9.15. The van der Waals surface area contributed by atoms with E-state index in [0.29, 0.717) is 18.0 Å². The van der Waals surface area contributed by atoms with Crippen LogP contribution in [0.3, 0.4) is 0 Å². The molecule has 0 saturated carbocycles. The number of carbonyl (C=O) groups excluding carboxylic acids is 2. The second-order valence-corrected chi connectivity index (χ2v) is 4.86. The first-order valence-corrected chi connectivity index (χ1v) is 7.60. The molecule has 0 aromatic heterocycles. The molecule has 0 saturated heterocycles. The molecule has 1 N–H and O–H groups in total. The molecule has 5 heteroatoms. The van der Waals surface area contributed by atoms with Gasteiger partial charge in [0, 0.05) is 11.8 Å². The van der Waals surface area contributed by atoms with Gasteiger partial charge in [0.25, 0.3) is 5.91 Å². The van der Waals surface area contributed by atoms with Gasteiger partial charge in [-0.05, 0) is 42.8 Å². The minimum Gasteiger partial charge on any atom is -0.484 e. The maximum Gasteiger partial charge on any atom is 0.330 e. The second-order valence-electron chi connectivity index (χ2n) is 4.86. The molecule has 0 aliphatic rings. The van der Waals surface area contributed by atoms with Gasteiger partial charge in [-0.2, -0.15) is 0 Å². The molecule has 2 rings (SSSR count). The summed E-state index contributed by atoms with van der Waals surface area (Å²) < 4.78 is 10.2. The molecule has 0 bridgehead atoms. The van der Waals surface area contributed by atoms with E-state index in [2.05, 4.69) is 5.32 Å². The van der Waals surface area contributed by atoms with Crippen molar-refractivity contribution in [2.75, 3.05) is 18.5 Å². The van der Waals surface area contributed by atoms with E-state index in [1.807, 2.05) is 18.2 Å². The molecule has 2 aromatic carbocycles. The third-order valence-electron chi connectivity index (χ3n) is 3.01. The molecule has 0 atom stereocenters. The molecular formula is C19H19NO4. The van der Waals surface area contributed by atoms with Crippen LogP contribution in [0, 0.1) is 0 Å². The Balaban J connectivity index is 1.82. The molecule has 0 aliphatic heterocycles. The molecular weight excluding hydrogens is 306 g/mol. The fourth-order valence-corrected chi connectivity index (χ4v) is 1.89. The number of carbonyl (C=O) groups is 2. The van der Waals surface area contributed by atoms with E-state index in [0.717, 1.165) is 5.56 Å². The van der Waals surface area contributed by atoms with Crippen molar-refractivity contribution in [3.05, 3.63) is 66.2 Å². The third-order valence-corrected chi connectivity index (χ3v) is 3.01. The van der Waals surface area contributed by atoms with Crippen LogP contribution in [-0.2, 0) is 14.3 Å². The molecule has 5 nitrogen and oxygen atoms in total. The molecule has 1 amide bonds. The summed E-state index contributed by atoms with van der Waals surface area (Å²) >= 11 is 0. The van der Waals surface area contributed by atoms with Crippen LogP contribution in [0.15, 0.2) is 60.7 Å². The Morgan fingerprint density at radius 3 is 2.42 bits per heavy atom. The Hall–Kier alpha value is -3.08. The standard InChI is InChI=1S/C19H19NO4/c1-2-23-19(22)13-10-15-8-11-16(12-9-15)20-18(21)14-24-17-6-4-3-5-7-17/h3-13H,2,14H2,1H3,(H,20,21)/b13-10+. The smallest absolute Gasteiger partial charge is 0.330 e. The average Bonchev–Trinajstić information content (AvgIpc) is 2.60. The first-order chi connectivity index (χ1) is 11.7. The molecule has 2 aromatic rings. The van der Waals surface area contributed by atoms with Crippen LogP contribution in [0.2, 0.25) is 0 Å². The van der Waals surface area contributed by atoms with E-state index in [1.54, 1.807) is 49.4 Å². The summed E-state index contributed by atoms with van der Waals surface area (Å²) in [6.45, 7) is 2.04. The lowest BCUT2D eigenvalue weighted by molar-refractivity contribution is -0.137. The van der Waals surface area contributed by atoms with E-state index in [4.69, 9.17) is 9.47 Å². The Kier molecular flexibility index (Phi) is 6.58. The molecule has 124 valence electrons. The lowest BCUT2D eigenvalue weighted by atomic mass is 10.2. The number of amides is 1. The largest absolute Gasteiger partial charge is 0.484 e. The van der Waals surface area contributed by atoms with Gasteiger partial charge in [0.05, 0.1) is 6.61 Å². The fraction of sp³-hybridized carbons (Fsp3) is 0.158. The van der Waals surface area contributed by atoms with Crippen molar-refractivity contribution >= 4 is 23.6 Å². The van der Waals surface area contributed by atoms with Gasteiger partial charge in [-0.15, -0.1) is 0 Å². The van der Waals surface area contributed by atoms with E-state index in [-0.39, 0.29) is 18.5 Å². The highest BCUT2D eigenvalue weighted by Gasteiger charge is 2.03. The minimum absolute atomic E-state index is 0.0610. The number of anilines is 1. The summed E-state index contributed by atoms with van der Waals surface area (Å²) in [6, 6.07) is 16.2. The lowest BCUT2D eigenvalue weighted by Gasteiger charge is -2.07. The zero-order chi connectivity index (χ0) is 17.2. The Bertz CT molecular complexity index is 693. The van der Waals surface area contributed by atoms with Gasteiger partial charge >= 0.3 is 5.97 Å². The van der Waals surface area contributed by atoms with E-state index < -0.39 is 0 Å². The van der Waals surface area contributed by atoms with Crippen molar-refractivity contribution in [2.24, 2.45) is 0 Å². The van der Waals surface area contributed by atoms with E-state index in [1.165, 1.54) is 6.08 Å². The van der Waals surface area contributed by atoms with E-state index >= 15 is 0 Å². The summed E-state index contributed by atoms with van der Waals surface area (Å²) in [5.41, 5.74) is 1.49. The maximum absolute atomic E-state index is 11.8. The first kappa shape index (κ1) is 17.3. The summed E-state index contributed by atoms with van der Waals surface area (Å²) in [5.74, 6) is 0.0220. The Morgan fingerprint density at radius 2 is 1.75 bits per heavy atom. The van der Waals surface area contributed by atoms with Gasteiger partial charge in [0.2, 0.25) is 0 Å². The van der Waals surface area contributed by atoms with Crippen LogP contribution < -0.4 is 10.1 Å². The quantitative estimate of drug-likeness (QED) is 0.627.